The molecule has 2 saturated heterocycles. The first-order chi connectivity index (χ1) is 9.54. The topological polar surface area (TPSA) is 44.8 Å². The highest BCUT2D eigenvalue weighted by Gasteiger charge is 2.37. The number of esters is 1. The Labute approximate surface area is 122 Å². The van der Waals surface area contributed by atoms with Crippen molar-refractivity contribution in [3.8, 4) is 0 Å². The third-order valence-electron chi connectivity index (χ3n) is 4.82. The SMILES string of the molecule is COC(=O)C(C)(C)N1CCN(CC2CCNCC2)CC1. The third kappa shape index (κ3) is 3.71. The summed E-state index contributed by atoms with van der Waals surface area (Å²) in [6.07, 6.45) is 2.60. The molecule has 0 unspecified atom stereocenters. The largest absolute Gasteiger partial charge is 0.468 e. The fraction of sp³-hybridized carbons (Fsp3) is 0.933. The van der Waals surface area contributed by atoms with Gasteiger partial charge in [-0.3, -0.25) is 9.69 Å². The van der Waals surface area contributed by atoms with Gasteiger partial charge in [-0.05, 0) is 45.7 Å². The van der Waals surface area contributed by atoms with Crippen LogP contribution in [0.4, 0.5) is 0 Å². The lowest BCUT2D eigenvalue weighted by atomic mass is 9.96. The van der Waals surface area contributed by atoms with Crippen molar-refractivity contribution >= 4 is 5.97 Å². The molecule has 0 amide bonds. The molecule has 2 rings (SSSR count). The van der Waals surface area contributed by atoms with E-state index in [2.05, 4.69) is 15.1 Å². The lowest BCUT2D eigenvalue weighted by Crippen LogP contribution is -2.58. The van der Waals surface area contributed by atoms with E-state index in [9.17, 15) is 4.79 Å². The molecule has 0 spiro atoms. The van der Waals surface area contributed by atoms with Gasteiger partial charge in [0.25, 0.3) is 0 Å². The Morgan fingerprint density at radius 1 is 1.20 bits per heavy atom. The fourth-order valence-corrected chi connectivity index (χ4v) is 3.30. The molecule has 1 N–H and O–H groups in total. The van der Waals surface area contributed by atoms with Crippen LogP contribution in [0.5, 0.6) is 0 Å². The summed E-state index contributed by atoms with van der Waals surface area (Å²) in [5, 5.41) is 3.42. The van der Waals surface area contributed by atoms with Crippen LogP contribution in [-0.4, -0.2) is 74.2 Å². The Hall–Kier alpha value is -0.650. The van der Waals surface area contributed by atoms with Crippen LogP contribution in [0.15, 0.2) is 0 Å². The number of piperazine rings is 1. The number of methoxy groups -OCH3 is 1. The molecule has 2 fully saturated rings. The van der Waals surface area contributed by atoms with Gasteiger partial charge in [-0.2, -0.15) is 0 Å². The van der Waals surface area contributed by atoms with E-state index in [-0.39, 0.29) is 5.97 Å². The van der Waals surface area contributed by atoms with Crippen LogP contribution >= 0.6 is 0 Å². The van der Waals surface area contributed by atoms with Crippen molar-refractivity contribution in [1.29, 1.82) is 0 Å². The number of carbonyl (C=O) groups excluding carboxylic acids is 1. The minimum absolute atomic E-state index is 0.135. The van der Waals surface area contributed by atoms with E-state index in [1.165, 1.54) is 39.6 Å². The van der Waals surface area contributed by atoms with Crippen molar-refractivity contribution in [2.24, 2.45) is 5.92 Å². The second kappa shape index (κ2) is 6.87. The van der Waals surface area contributed by atoms with Gasteiger partial charge in [-0.15, -0.1) is 0 Å². The van der Waals surface area contributed by atoms with Gasteiger partial charge < -0.3 is 15.0 Å². The van der Waals surface area contributed by atoms with Crippen molar-refractivity contribution < 1.29 is 9.53 Å². The van der Waals surface area contributed by atoms with Gasteiger partial charge in [0.2, 0.25) is 0 Å². The summed E-state index contributed by atoms with van der Waals surface area (Å²) in [7, 11) is 1.47. The average Bonchev–Trinajstić information content (AvgIpc) is 2.48. The highest BCUT2D eigenvalue weighted by molar-refractivity contribution is 5.79. The number of nitrogens with one attached hydrogen (secondary N) is 1. The smallest absolute Gasteiger partial charge is 0.325 e. The van der Waals surface area contributed by atoms with E-state index in [0.717, 1.165) is 32.1 Å². The summed E-state index contributed by atoms with van der Waals surface area (Å²) < 4.78 is 4.92. The molecule has 0 bridgehead atoms. The highest BCUT2D eigenvalue weighted by Crippen LogP contribution is 2.20. The molecule has 0 aromatic rings. The van der Waals surface area contributed by atoms with Crippen LogP contribution in [0.3, 0.4) is 0 Å². The van der Waals surface area contributed by atoms with Crippen molar-refractivity contribution in [2.45, 2.75) is 32.2 Å². The van der Waals surface area contributed by atoms with Crippen LogP contribution in [0.2, 0.25) is 0 Å². The summed E-state index contributed by atoms with van der Waals surface area (Å²) in [4.78, 5) is 16.6. The normalized spacial score (nSPS) is 23.8. The Morgan fingerprint density at radius 2 is 1.80 bits per heavy atom. The van der Waals surface area contributed by atoms with Gasteiger partial charge in [0, 0.05) is 32.7 Å². The number of carbonyl (C=O) groups is 1. The maximum atomic E-state index is 11.8. The Balaban J connectivity index is 1.78. The van der Waals surface area contributed by atoms with Crippen molar-refractivity contribution in [1.82, 2.24) is 15.1 Å². The average molecular weight is 283 g/mol. The molecule has 2 aliphatic heterocycles. The molecule has 20 heavy (non-hydrogen) atoms. The summed E-state index contributed by atoms with van der Waals surface area (Å²) in [6.45, 7) is 11.5. The summed E-state index contributed by atoms with van der Waals surface area (Å²) in [6, 6.07) is 0. The first-order valence-electron chi connectivity index (χ1n) is 7.80. The van der Waals surface area contributed by atoms with Gasteiger partial charge in [0.15, 0.2) is 0 Å². The standard InChI is InChI=1S/C15H29N3O2/c1-15(2,14(19)20-3)18-10-8-17(9-11-18)12-13-4-6-16-7-5-13/h13,16H,4-12H2,1-3H3. The van der Waals surface area contributed by atoms with Crippen molar-refractivity contribution in [3.63, 3.8) is 0 Å². The maximum Gasteiger partial charge on any atom is 0.325 e. The maximum absolute atomic E-state index is 11.8. The zero-order valence-corrected chi connectivity index (χ0v) is 13.2. The predicted octanol–water partition coefficient (Wildman–Crippen LogP) is 0.555. The van der Waals surface area contributed by atoms with Gasteiger partial charge in [-0.25, -0.2) is 0 Å². The Morgan fingerprint density at radius 3 is 2.35 bits per heavy atom. The van der Waals surface area contributed by atoms with E-state index in [1.54, 1.807) is 0 Å². The van der Waals surface area contributed by atoms with E-state index < -0.39 is 5.54 Å². The van der Waals surface area contributed by atoms with Crippen LogP contribution in [0.1, 0.15) is 26.7 Å². The first kappa shape index (κ1) is 15.7. The van der Waals surface area contributed by atoms with Gasteiger partial charge in [-0.1, -0.05) is 0 Å². The molecule has 0 radical (unpaired) electrons. The quantitative estimate of drug-likeness (QED) is 0.764. The molecule has 0 atom stereocenters. The molecule has 5 heteroatoms. The highest BCUT2D eigenvalue weighted by atomic mass is 16.5. The number of ether oxygens (including phenoxy) is 1. The second-order valence-electron chi connectivity index (χ2n) is 6.53. The number of hydrogen-bond acceptors (Lipinski definition) is 5. The number of nitrogens with zero attached hydrogens (tertiary/aromatic N) is 2. The summed E-state index contributed by atoms with van der Waals surface area (Å²) >= 11 is 0. The van der Waals surface area contributed by atoms with E-state index in [4.69, 9.17) is 4.74 Å². The zero-order chi connectivity index (χ0) is 14.6. The molecule has 116 valence electrons. The minimum Gasteiger partial charge on any atom is -0.468 e. The molecule has 2 heterocycles. The molecule has 0 saturated carbocycles. The summed E-state index contributed by atoms with van der Waals surface area (Å²) in [5.41, 5.74) is -0.504. The summed E-state index contributed by atoms with van der Waals surface area (Å²) in [5.74, 6) is 0.709. The lowest BCUT2D eigenvalue weighted by Gasteiger charge is -2.43. The molecule has 0 aromatic carbocycles. The third-order valence-corrected chi connectivity index (χ3v) is 4.82. The van der Waals surface area contributed by atoms with Crippen LogP contribution < -0.4 is 5.32 Å². The monoisotopic (exact) mass is 283 g/mol. The molecular formula is C15H29N3O2. The molecule has 5 nitrogen and oxygen atoms in total. The lowest BCUT2D eigenvalue weighted by molar-refractivity contribution is -0.154. The van der Waals surface area contributed by atoms with Crippen molar-refractivity contribution in [3.05, 3.63) is 0 Å². The van der Waals surface area contributed by atoms with Crippen LogP contribution in [0.25, 0.3) is 0 Å². The van der Waals surface area contributed by atoms with Crippen LogP contribution in [0, 0.1) is 5.92 Å². The zero-order valence-electron chi connectivity index (χ0n) is 13.2. The van der Waals surface area contributed by atoms with Crippen LogP contribution in [-0.2, 0) is 9.53 Å². The predicted molar refractivity (Wildman–Crippen MR) is 79.7 cm³/mol. The molecule has 2 aliphatic rings. The van der Waals surface area contributed by atoms with Gasteiger partial charge in [0.1, 0.15) is 5.54 Å². The number of rotatable bonds is 4. The fourth-order valence-electron chi connectivity index (χ4n) is 3.30. The van der Waals surface area contributed by atoms with Gasteiger partial charge >= 0.3 is 5.97 Å². The molecule has 0 aliphatic carbocycles. The number of piperidine rings is 1. The number of hydrogen-bond donors (Lipinski definition) is 1. The Bertz CT molecular complexity index is 319. The molecular weight excluding hydrogens is 254 g/mol. The van der Waals surface area contributed by atoms with E-state index in [0.29, 0.717) is 0 Å². The van der Waals surface area contributed by atoms with E-state index in [1.807, 2.05) is 13.8 Å². The first-order valence-corrected chi connectivity index (χ1v) is 7.80. The molecule has 0 aromatic heterocycles. The van der Waals surface area contributed by atoms with E-state index >= 15 is 0 Å². The Kier molecular flexibility index (Phi) is 5.41. The minimum atomic E-state index is -0.504. The van der Waals surface area contributed by atoms with Gasteiger partial charge in [0.05, 0.1) is 7.11 Å². The second-order valence-corrected chi connectivity index (χ2v) is 6.53. The van der Waals surface area contributed by atoms with Crippen molar-refractivity contribution in [2.75, 3.05) is 52.9 Å².